The molecule has 2 N–H and O–H groups in total. The fourth-order valence-electron chi connectivity index (χ4n) is 1.53. The molecular weight excluding hydrogens is 266 g/mol. The lowest BCUT2D eigenvalue weighted by Crippen LogP contribution is -2.17. The Morgan fingerprint density at radius 2 is 2.26 bits per heavy atom. The number of rotatable bonds is 4. The number of hydrogen-bond donors (Lipinski definition) is 2. The summed E-state index contributed by atoms with van der Waals surface area (Å²) in [6, 6.07) is 1.34. The first-order valence-electron chi connectivity index (χ1n) is 5.44. The van der Waals surface area contributed by atoms with Gasteiger partial charge >= 0.3 is 5.97 Å². The van der Waals surface area contributed by atoms with Crippen LogP contribution in [0, 0.1) is 6.92 Å². The van der Waals surface area contributed by atoms with Crippen molar-refractivity contribution in [2.45, 2.75) is 13.3 Å². The Morgan fingerprint density at radius 1 is 1.47 bits per heavy atom. The maximum atomic E-state index is 11.8. The highest BCUT2D eigenvalue weighted by Gasteiger charge is 2.13. The van der Waals surface area contributed by atoms with Gasteiger partial charge in [0.05, 0.1) is 34.6 Å². The lowest BCUT2D eigenvalue weighted by Gasteiger charge is -2.06. The van der Waals surface area contributed by atoms with Crippen molar-refractivity contribution in [3.63, 3.8) is 0 Å². The fourth-order valence-corrected chi connectivity index (χ4v) is 2.14. The number of pyridine rings is 1. The summed E-state index contributed by atoms with van der Waals surface area (Å²) >= 11 is 1.46. The van der Waals surface area contributed by atoms with Crippen LogP contribution in [0.1, 0.15) is 21.1 Å². The van der Waals surface area contributed by atoms with Gasteiger partial charge in [-0.2, -0.15) is 0 Å². The molecule has 0 atom stereocenters. The Kier molecular flexibility index (Phi) is 3.86. The highest BCUT2D eigenvalue weighted by Crippen LogP contribution is 2.14. The van der Waals surface area contributed by atoms with Crippen LogP contribution in [-0.2, 0) is 11.2 Å². The predicted molar refractivity (Wildman–Crippen MR) is 70.4 cm³/mol. The number of hydrogen-bond acceptors (Lipinski definition) is 5. The number of anilines is 1. The van der Waals surface area contributed by atoms with Gasteiger partial charge in [-0.25, -0.2) is 9.78 Å². The SMILES string of the molecule is Cc1nc(CC(=O)Nc2cnccc2C(=O)O)cs1. The number of carbonyl (C=O) groups is 2. The van der Waals surface area contributed by atoms with Crippen LogP contribution < -0.4 is 5.32 Å². The third kappa shape index (κ3) is 3.35. The summed E-state index contributed by atoms with van der Waals surface area (Å²) in [5.41, 5.74) is 0.866. The molecular formula is C12H11N3O3S. The molecule has 0 aliphatic heterocycles. The van der Waals surface area contributed by atoms with Crippen molar-refractivity contribution < 1.29 is 14.7 Å². The zero-order valence-corrected chi connectivity index (χ0v) is 10.9. The molecule has 2 rings (SSSR count). The number of nitrogens with one attached hydrogen (secondary N) is 1. The van der Waals surface area contributed by atoms with Crippen LogP contribution in [0.5, 0.6) is 0 Å². The topological polar surface area (TPSA) is 92.2 Å². The number of carbonyl (C=O) groups excluding carboxylic acids is 1. The van der Waals surface area contributed by atoms with Crippen molar-refractivity contribution in [2.75, 3.05) is 5.32 Å². The van der Waals surface area contributed by atoms with Gasteiger partial charge in [-0.1, -0.05) is 0 Å². The van der Waals surface area contributed by atoms with Crippen LogP contribution in [0.15, 0.2) is 23.8 Å². The third-order valence-electron chi connectivity index (χ3n) is 2.33. The van der Waals surface area contributed by atoms with Crippen LogP contribution in [-0.4, -0.2) is 27.0 Å². The van der Waals surface area contributed by atoms with E-state index in [0.29, 0.717) is 5.69 Å². The molecule has 6 nitrogen and oxygen atoms in total. The average molecular weight is 277 g/mol. The molecule has 98 valence electrons. The van der Waals surface area contributed by atoms with Crippen molar-refractivity contribution in [1.82, 2.24) is 9.97 Å². The van der Waals surface area contributed by atoms with E-state index >= 15 is 0 Å². The van der Waals surface area contributed by atoms with E-state index in [4.69, 9.17) is 5.11 Å². The van der Waals surface area contributed by atoms with Crippen LogP contribution in [0.4, 0.5) is 5.69 Å². The highest BCUT2D eigenvalue weighted by atomic mass is 32.1. The predicted octanol–water partition coefficient (Wildman–Crippen LogP) is 1.73. The molecule has 7 heteroatoms. The first kappa shape index (κ1) is 13.2. The van der Waals surface area contributed by atoms with Crippen LogP contribution in [0.2, 0.25) is 0 Å². The first-order valence-corrected chi connectivity index (χ1v) is 6.32. The third-order valence-corrected chi connectivity index (χ3v) is 3.16. The van der Waals surface area contributed by atoms with Gasteiger partial charge in [0.2, 0.25) is 5.91 Å². The molecule has 2 heterocycles. The Labute approximate surface area is 113 Å². The van der Waals surface area contributed by atoms with Gasteiger partial charge < -0.3 is 10.4 Å². The zero-order chi connectivity index (χ0) is 13.8. The average Bonchev–Trinajstić information content (AvgIpc) is 2.75. The number of carboxylic acids is 1. The van der Waals surface area contributed by atoms with E-state index in [0.717, 1.165) is 5.01 Å². The van der Waals surface area contributed by atoms with Crippen LogP contribution >= 0.6 is 11.3 Å². The molecule has 19 heavy (non-hydrogen) atoms. The van der Waals surface area contributed by atoms with Crippen molar-refractivity contribution >= 4 is 28.9 Å². The molecule has 2 aromatic heterocycles. The maximum absolute atomic E-state index is 11.8. The summed E-state index contributed by atoms with van der Waals surface area (Å²) in [6.07, 6.45) is 2.79. The second-order valence-electron chi connectivity index (χ2n) is 3.81. The summed E-state index contributed by atoms with van der Waals surface area (Å²) in [5.74, 6) is -1.43. The molecule has 2 aromatic rings. The monoisotopic (exact) mass is 277 g/mol. The quantitative estimate of drug-likeness (QED) is 0.887. The van der Waals surface area contributed by atoms with E-state index in [-0.39, 0.29) is 23.6 Å². The lowest BCUT2D eigenvalue weighted by molar-refractivity contribution is -0.115. The second-order valence-corrected chi connectivity index (χ2v) is 4.87. The summed E-state index contributed by atoms with van der Waals surface area (Å²) in [7, 11) is 0. The van der Waals surface area contributed by atoms with Gasteiger partial charge in [0.1, 0.15) is 0 Å². The summed E-state index contributed by atoms with van der Waals surface area (Å²) < 4.78 is 0. The van der Waals surface area contributed by atoms with Gasteiger partial charge in [0, 0.05) is 11.6 Å². The van der Waals surface area contributed by atoms with Gasteiger partial charge in [-0.15, -0.1) is 11.3 Å². The second kappa shape index (κ2) is 5.57. The minimum Gasteiger partial charge on any atom is -0.478 e. The van der Waals surface area contributed by atoms with Crippen molar-refractivity contribution in [1.29, 1.82) is 0 Å². The number of aromatic carboxylic acids is 1. The van der Waals surface area contributed by atoms with Gasteiger partial charge in [-0.05, 0) is 13.0 Å². The Balaban J connectivity index is 2.09. The number of aromatic nitrogens is 2. The molecule has 0 unspecified atom stereocenters. The first-order chi connectivity index (χ1) is 9.06. The van der Waals surface area contributed by atoms with Crippen LogP contribution in [0.25, 0.3) is 0 Å². The molecule has 0 aliphatic carbocycles. The molecule has 0 bridgehead atoms. The molecule has 0 saturated heterocycles. The molecule has 0 radical (unpaired) electrons. The molecule has 1 amide bonds. The Bertz CT molecular complexity index is 624. The van der Waals surface area contributed by atoms with Crippen LogP contribution in [0.3, 0.4) is 0 Å². The van der Waals surface area contributed by atoms with E-state index in [1.54, 1.807) is 5.38 Å². The van der Waals surface area contributed by atoms with Crippen molar-refractivity contribution in [2.24, 2.45) is 0 Å². The molecule has 0 fully saturated rings. The van der Waals surface area contributed by atoms with E-state index in [9.17, 15) is 9.59 Å². The molecule has 0 spiro atoms. The largest absolute Gasteiger partial charge is 0.478 e. The Hall–Kier alpha value is -2.28. The standard InChI is InChI=1S/C12H11N3O3S/c1-7-14-8(6-19-7)4-11(16)15-10-5-13-3-2-9(10)12(17)18/h2-3,5-6H,4H2,1H3,(H,15,16)(H,17,18). The number of carboxylic acid groups (broad SMARTS) is 1. The summed E-state index contributed by atoms with van der Waals surface area (Å²) in [4.78, 5) is 30.7. The maximum Gasteiger partial charge on any atom is 0.337 e. The molecule has 0 saturated carbocycles. The van der Waals surface area contributed by atoms with E-state index in [2.05, 4.69) is 15.3 Å². The minimum atomic E-state index is -1.11. The van der Waals surface area contributed by atoms with Crippen molar-refractivity contribution in [3.8, 4) is 0 Å². The Morgan fingerprint density at radius 3 is 2.89 bits per heavy atom. The van der Waals surface area contributed by atoms with E-state index in [1.807, 2.05) is 6.92 Å². The zero-order valence-electron chi connectivity index (χ0n) is 10.1. The van der Waals surface area contributed by atoms with Gasteiger partial charge in [-0.3, -0.25) is 9.78 Å². The van der Waals surface area contributed by atoms with E-state index in [1.165, 1.54) is 29.8 Å². The fraction of sp³-hybridized carbons (Fsp3) is 0.167. The number of thiazole rings is 1. The highest BCUT2D eigenvalue weighted by molar-refractivity contribution is 7.09. The minimum absolute atomic E-state index is 0.0119. The molecule has 0 aromatic carbocycles. The smallest absolute Gasteiger partial charge is 0.337 e. The van der Waals surface area contributed by atoms with E-state index < -0.39 is 5.97 Å². The van der Waals surface area contributed by atoms with Gasteiger partial charge in [0.15, 0.2) is 0 Å². The lowest BCUT2D eigenvalue weighted by atomic mass is 10.2. The number of nitrogens with zero attached hydrogens (tertiary/aromatic N) is 2. The van der Waals surface area contributed by atoms with Gasteiger partial charge in [0.25, 0.3) is 0 Å². The normalized spacial score (nSPS) is 10.2. The number of aryl methyl sites for hydroxylation is 1. The van der Waals surface area contributed by atoms with Crippen molar-refractivity contribution in [3.05, 3.63) is 40.1 Å². The molecule has 0 aliphatic rings. The number of amides is 1. The summed E-state index contributed by atoms with van der Waals surface area (Å²) in [6.45, 7) is 1.86. The summed E-state index contributed by atoms with van der Waals surface area (Å²) in [5, 5.41) is 14.2.